The third-order valence-electron chi connectivity index (χ3n) is 3.22. The van der Waals surface area contributed by atoms with E-state index < -0.39 is 0 Å². The van der Waals surface area contributed by atoms with Crippen LogP contribution in [0.1, 0.15) is 5.56 Å². The van der Waals surface area contributed by atoms with E-state index >= 15 is 0 Å². The van der Waals surface area contributed by atoms with Gasteiger partial charge in [-0.3, -0.25) is 0 Å². The highest BCUT2D eigenvalue weighted by Crippen LogP contribution is 2.26. The van der Waals surface area contributed by atoms with Crippen molar-refractivity contribution in [3.8, 4) is 0 Å². The van der Waals surface area contributed by atoms with Crippen LogP contribution in [-0.2, 0) is 0 Å². The molecule has 0 bridgehead atoms. The number of hydrogen-bond acceptors (Lipinski definition) is 5. The molecule has 0 radical (unpaired) electrons. The number of aryl methyl sites for hydroxylation is 1. The Morgan fingerprint density at radius 3 is 2.43 bits per heavy atom. The van der Waals surface area contributed by atoms with Crippen molar-refractivity contribution in [2.24, 2.45) is 10.2 Å². The summed E-state index contributed by atoms with van der Waals surface area (Å²) >= 11 is 0. The summed E-state index contributed by atoms with van der Waals surface area (Å²) in [5.41, 5.74) is 10.0. The zero-order valence-electron chi connectivity index (χ0n) is 12.3. The second kappa shape index (κ2) is 6.85. The maximum atomic E-state index is 8.97. The number of nitrogens with two attached hydrogens (primary N) is 1. The van der Waals surface area contributed by atoms with Crippen LogP contribution in [0.4, 0.5) is 22.7 Å². The van der Waals surface area contributed by atoms with Crippen molar-refractivity contribution < 1.29 is 5.11 Å². The molecule has 0 aliphatic heterocycles. The van der Waals surface area contributed by atoms with Gasteiger partial charge in [-0.1, -0.05) is 0 Å². The second-order valence-electron chi connectivity index (χ2n) is 4.91. The fourth-order valence-electron chi connectivity index (χ4n) is 1.92. The van der Waals surface area contributed by atoms with Gasteiger partial charge in [-0.05, 0) is 55.0 Å². The first-order valence-corrected chi connectivity index (χ1v) is 6.80. The number of rotatable bonds is 5. The van der Waals surface area contributed by atoms with Crippen LogP contribution in [0.2, 0.25) is 0 Å². The van der Waals surface area contributed by atoms with Gasteiger partial charge in [0.15, 0.2) is 0 Å². The molecule has 5 heteroatoms. The molecule has 0 saturated carbocycles. The summed E-state index contributed by atoms with van der Waals surface area (Å²) in [6.45, 7) is 2.73. The number of benzene rings is 2. The minimum atomic E-state index is 0.133. The Kier molecular flexibility index (Phi) is 4.90. The van der Waals surface area contributed by atoms with E-state index in [-0.39, 0.29) is 6.61 Å². The lowest BCUT2D eigenvalue weighted by molar-refractivity contribution is 0.304. The van der Waals surface area contributed by atoms with Gasteiger partial charge in [0.2, 0.25) is 0 Å². The Morgan fingerprint density at radius 1 is 1.10 bits per heavy atom. The number of anilines is 2. The summed E-state index contributed by atoms with van der Waals surface area (Å²) in [5.74, 6) is 0. The second-order valence-corrected chi connectivity index (χ2v) is 4.91. The number of hydrogen-bond donors (Lipinski definition) is 2. The summed E-state index contributed by atoms with van der Waals surface area (Å²) in [7, 11) is 1.94. The molecule has 0 fully saturated rings. The summed E-state index contributed by atoms with van der Waals surface area (Å²) in [6, 6.07) is 13.2. The average Bonchev–Trinajstić information content (AvgIpc) is 2.48. The van der Waals surface area contributed by atoms with Crippen molar-refractivity contribution in [3.63, 3.8) is 0 Å². The molecule has 0 atom stereocenters. The van der Waals surface area contributed by atoms with Gasteiger partial charge in [0, 0.05) is 25.0 Å². The van der Waals surface area contributed by atoms with Crippen LogP contribution in [0.15, 0.2) is 52.7 Å². The van der Waals surface area contributed by atoms with Crippen molar-refractivity contribution >= 4 is 22.7 Å². The number of aliphatic hydroxyl groups is 1. The van der Waals surface area contributed by atoms with E-state index in [9.17, 15) is 0 Å². The third kappa shape index (κ3) is 4.03. The maximum Gasteiger partial charge on any atom is 0.0887 e. The van der Waals surface area contributed by atoms with Crippen molar-refractivity contribution in [1.29, 1.82) is 0 Å². The molecule has 0 spiro atoms. The van der Waals surface area contributed by atoms with Crippen LogP contribution >= 0.6 is 0 Å². The SMILES string of the molecule is Cc1cc(N(C)CCO)ccc1/N=N/c1ccc(N)cc1. The predicted molar refractivity (Wildman–Crippen MR) is 86.6 cm³/mol. The molecule has 0 aliphatic carbocycles. The van der Waals surface area contributed by atoms with Gasteiger partial charge in [0.25, 0.3) is 0 Å². The Morgan fingerprint density at radius 2 is 1.81 bits per heavy atom. The Balaban J connectivity index is 2.15. The normalized spacial score (nSPS) is 11.0. The van der Waals surface area contributed by atoms with E-state index in [1.165, 1.54) is 0 Å². The van der Waals surface area contributed by atoms with Gasteiger partial charge in [0.05, 0.1) is 18.0 Å². The van der Waals surface area contributed by atoms with Gasteiger partial charge in [-0.2, -0.15) is 10.2 Å². The molecular weight excluding hydrogens is 264 g/mol. The van der Waals surface area contributed by atoms with Crippen molar-refractivity contribution in [2.45, 2.75) is 6.92 Å². The molecule has 5 nitrogen and oxygen atoms in total. The molecule has 0 saturated heterocycles. The van der Waals surface area contributed by atoms with Gasteiger partial charge in [-0.25, -0.2) is 0 Å². The molecule has 110 valence electrons. The maximum absolute atomic E-state index is 8.97. The molecule has 0 heterocycles. The largest absolute Gasteiger partial charge is 0.399 e. The fourth-order valence-corrected chi connectivity index (χ4v) is 1.92. The van der Waals surface area contributed by atoms with Gasteiger partial charge in [-0.15, -0.1) is 0 Å². The molecule has 21 heavy (non-hydrogen) atoms. The first-order chi connectivity index (χ1) is 10.1. The van der Waals surface area contributed by atoms with Crippen LogP contribution in [0.3, 0.4) is 0 Å². The average molecular weight is 284 g/mol. The lowest BCUT2D eigenvalue weighted by atomic mass is 10.1. The van der Waals surface area contributed by atoms with Gasteiger partial charge in [0.1, 0.15) is 0 Å². The van der Waals surface area contributed by atoms with Crippen LogP contribution in [0, 0.1) is 6.92 Å². The number of nitrogens with zero attached hydrogens (tertiary/aromatic N) is 3. The summed E-state index contributed by atoms with van der Waals surface area (Å²) in [5, 5.41) is 17.4. The Labute approximate surface area is 124 Å². The molecule has 3 N–H and O–H groups in total. The lowest BCUT2D eigenvalue weighted by Crippen LogP contribution is -2.20. The Bertz CT molecular complexity index is 623. The quantitative estimate of drug-likeness (QED) is 0.652. The highest BCUT2D eigenvalue weighted by atomic mass is 16.3. The number of nitrogen functional groups attached to an aromatic ring is 1. The van der Waals surface area contributed by atoms with Crippen molar-refractivity contribution in [3.05, 3.63) is 48.0 Å². The monoisotopic (exact) mass is 284 g/mol. The minimum Gasteiger partial charge on any atom is -0.399 e. The number of azo groups is 1. The van der Waals surface area contributed by atoms with Gasteiger partial charge >= 0.3 is 0 Å². The molecule has 0 amide bonds. The topological polar surface area (TPSA) is 74.2 Å². The van der Waals surface area contributed by atoms with Crippen molar-refractivity contribution in [2.75, 3.05) is 30.8 Å². The smallest absolute Gasteiger partial charge is 0.0887 e. The highest BCUT2D eigenvalue weighted by Gasteiger charge is 2.03. The molecule has 0 aromatic heterocycles. The van der Waals surface area contributed by atoms with E-state index in [0.717, 1.165) is 22.6 Å². The van der Waals surface area contributed by atoms with E-state index in [0.29, 0.717) is 12.2 Å². The minimum absolute atomic E-state index is 0.133. The van der Waals surface area contributed by atoms with Crippen LogP contribution in [-0.4, -0.2) is 25.3 Å². The molecule has 0 unspecified atom stereocenters. The van der Waals surface area contributed by atoms with E-state index in [1.807, 2.05) is 49.2 Å². The lowest BCUT2D eigenvalue weighted by Gasteiger charge is -2.18. The number of likely N-dealkylation sites (N-methyl/N-ethyl adjacent to an activating group) is 1. The summed E-state index contributed by atoms with van der Waals surface area (Å²) < 4.78 is 0. The number of aliphatic hydroxyl groups excluding tert-OH is 1. The first kappa shape index (κ1) is 15.0. The fraction of sp³-hybridized carbons (Fsp3) is 0.250. The summed E-state index contributed by atoms with van der Waals surface area (Å²) in [6.07, 6.45) is 0. The van der Waals surface area contributed by atoms with Gasteiger partial charge < -0.3 is 15.7 Å². The first-order valence-electron chi connectivity index (χ1n) is 6.80. The molecule has 2 aromatic carbocycles. The molecular formula is C16H20N4O. The van der Waals surface area contributed by atoms with E-state index in [2.05, 4.69) is 10.2 Å². The van der Waals surface area contributed by atoms with Crippen molar-refractivity contribution in [1.82, 2.24) is 0 Å². The third-order valence-corrected chi connectivity index (χ3v) is 3.22. The summed E-state index contributed by atoms with van der Waals surface area (Å²) in [4.78, 5) is 1.99. The van der Waals surface area contributed by atoms with Crippen LogP contribution in [0.25, 0.3) is 0 Å². The van der Waals surface area contributed by atoms with E-state index in [1.54, 1.807) is 12.1 Å². The zero-order valence-corrected chi connectivity index (χ0v) is 12.3. The van der Waals surface area contributed by atoms with Crippen LogP contribution < -0.4 is 10.6 Å². The molecule has 0 aliphatic rings. The molecule has 2 aromatic rings. The van der Waals surface area contributed by atoms with Crippen LogP contribution in [0.5, 0.6) is 0 Å². The molecule has 2 rings (SSSR count). The Hall–Kier alpha value is -2.40. The predicted octanol–water partition coefficient (Wildman–Crippen LogP) is 3.42. The zero-order chi connectivity index (χ0) is 15.2. The standard InChI is InChI=1S/C16H20N4O/c1-12-11-15(20(2)9-10-21)7-8-16(12)19-18-14-5-3-13(17)4-6-14/h3-8,11,21H,9-10,17H2,1-2H3/b19-18+. The van der Waals surface area contributed by atoms with E-state index in [4.69, 9.17) is 10.8 Å². The highest BCUT2D eigenvalue weighted by molar-refractivity contribution is 5.57.